The molecule has 114 valence electrons. The van der Waals surface area contributed by atoms with Crippen LogP contribution in [0.5, 0.6) is 5.75 Å². The predicted octanol–water partition coefficient (Wildman–Crippen LogP) is 4.41. The van der Waals surface area contributed by atoms with Crippen LogP contribution in [0.15, 0.2) is 60.7 Å². The van der Waals surface area contributed by atoms with Crippen LogP contribution in [0.2, 0.25) is 0 Å². The monoisotopic (exact) mass is 316 g/mol. The summed E-state index contributed by atoms with van der Waals surface area (Å²) in [5, 5.41) is 0.323. The van der Waals surface area contributed by atoms with E-state index in [0.29, 0.717) is 29.6 Å². The van der Waals surface area contributed by atoms with Gasteiger partial charge < -0.3 is 9.47 Å². The molecule has 0 aliphatic heterocycles. The zero-order valence-electron chi connectivity index (χ0n) is 12.3. The van der Waals surface area contributed by atoms with Gasteiger partial charge in [0.2, 0.25) is 0 Å². The number of carbonyl (C=O) groups is 1. The summed E-state index contributed by atoms with van der Waals surface area (Å²) in [4.78, 5) is 11.4. The summed E-state index contributed by atoms with van der Waals surface area (Å²) in [5.74, 6) is 0.236. The molecular weight excluding hydrogens is 300 g/mol. The van der Waals surface area contributed by atoms with Crippen LogP contribution in [0.25, 0.3) is 5.03 Å². The van der Waals surface area contributed by atoms with Crippen molar-refractivity contribution >= 4 is 22.6 Å². The van der Waals surface area contributed by atoms with Gasteiger partial charge in [0.05, 0.1) is 11.6 Å². The third kappa shape index (κ3) is 4.93. The average molecular weight is 317 g/mol. The Morgan fingerprint density at radius 2 is 1.91 bits per heavy atom. The number of ether oxygens (including phenoxy) is 2. The van der Waals surface area contributed by atoms with Gasteiger partial charge in [-0.25, -0.2) is 4.79 Å². The Morgan fingerprint density at radius 3 is 2.64 bits per heavy atom. The molecule has 0 saturated carbocycles. The van der Waals surface area contributed by atoms with Crippen LogP contribution < -0.4 is 4.74 Å². The quantitative estimate of drug-likeness (QED) is 0.585. The first-order chi connectivity index (χ1) is 10.7. The van der Waals surface area contributed by atoms with E-state index < -0.39 is 5.97 Å². The topological polar surface area (TPSA) is 35.5 Å². The second-order valence-electron chi connectivity index (χ2n) is 4.55. The van der Waals surface area contributed by atoms with Gasteiger partial charge in [-0.3, -0.25) is 0 Å². The first-order valence-electron chi connectivity index (χ1n) is 7.00. The molecule has 2 aromatic rings. The minimum absolute atomic E-state index is 0.319. The van der Waals surface area contributed by atoms with Gasteiger partial charge in [-0.1, -0.05) is 54.1 Å². The van der Waals surface area contributed by atoms with Gasteiger partial charge >= 0.3 is 5.97 Å². The van der Waals surface area contributed by atoms with E-state index in [4.69, 9.17) is 21.1 Å². The van der Waals surface area contributed by atoms with Crippen LogP contribution in [-0.2, 0) is 16.1 Å². The van der Waals surface area contributed by atoms with E-state index in [2.05, 4.69) is 0 Å². The Labute approximate surface area is 135 Å². The molecule has 2 aromatic carbocycles. The van der Waals surface area contributed by atoms with Crippen molar-refractivity contribution in [1.29, 1.82) is 0 Å². The molecule has 2 rings (SSSR count). The lowest BCUT2D eigenvalue weighted by atomic mass is 10.2. The van der Waals surface area contributed by atoms with Gasteiger partial charge in [-0.15, -0.1) is 0 Å². The molecule has 0 radical (unpaired) electrons. The molecule has 0 amide bonds. The molecule has 0 heterocycles. The molecule has 3 nitrogen and oxygen atoms in total. The van der Waals surface area contributed by atoms with E-state index in [1.54, 1.807) is 13.0 Å². The van der Waals surface area contributed by atoms with Crippen LogP contribution in [0.3, 0.4) is 0 Å². The maximum atomic E-state index is 11.4. The van der Waals surface area contributed by atoms with Crippen molar-refractivity contribution in [2.45, 2.75) is 13.5 Å². The van der Waals surface area contributed by atoms with Crippen molar-refractivity contribution in [2.24, 2.45) is 0 Å². The molecule has 0 atom stereocenters. The summed E-state index contributed by atoms with van der Waals surface area (Å²) in [6, 6.07) is 17.2. The zero-order valence-corrected chi connectivity index (χ0v) is 13.0. The van der Waals surface area contributed by atoms with Gasteiger partial charge in [-0.05, 0) is 30.2 Å². The summed E-state index contributed by atoms with van der Waals surface area (Å²) >= 11 is 6.13. The van der Waals surface area contributed by atoms with Gasteiger partial charge in [0.25, 0.3) is 0 Å². The van der Waals surface area contributed by atoms with Crippen LogP contribution in [0.1, 0.15) is 18.1 Å². The molecular formula is C18H17ClO3. The first kappa shape index (κ1) is 16.1. The zero-order chi connectivity index (χ0) is 15.8. The third-order valence-corrected chi connectivity index (χ3v) is 3.22. The number of rotatable bonds is 6. The molecule has 0 fully saturated rings. The Bertz CT molecular complexity index is 650. The normalized spacial score (nSPS) is 11.1. The predicted molar refractivity (Wildman–Crippen MR) is 87.7 cm³/mol. The van der Waals surface area contributed by atoms with E-state index in [0.717, 1.165) is 5.56 Å². The molecule has 0 spiro atoms. The van der Waals surface area contributed by atoms with E-state index in [1.165, 1.54) is 6.08 Å². The Hall–Kier alpha value is -2.26. The molecule has 0 N–H and O–H groups in total. The van der Waals surface area contributed by atoms with Crippen molar-refractivity contribution < 1.29 is 14.3 Å². The number of hydrogen-bond acceptors (Lipinski definition) is 3. The van der Waals surface area contributed by atoms with Gasteiger partial charge in [0.1, 0.15) is 12.4 Å². The Balaban J connectivity index is 2.05. The second kappa shape index (κ2) is 8.25. The number of hydrogen-bond donors (Lipinski definition) is 0. The van der Waals surface area contributed by atoms with Gasteiger partial charge in [0.15, 0.2) is 0 Å². The van der Waals surface area contributed by atoms with Crippen LogP contribution >= 0.6 is 11.6 Å². The highest BCUT2D eigenvalue weighted by molar-refractivity contribution is 6.50. The van der Waals surface area contributed by atoms with Crippen LogP contribution in [0.4, 0.5) is 0 Å². The van der Waals surface area contributed by atoms with E-state index in [-0.39, 0.29) is 0 Å². The first-order valence-corrected chi connectivity index (χ1v) is 7.38. The highest BCUT2D eigenvalue weighted by Gasteiger charge is 2.05. The molecule has 0 bridgehead atoms. The summed E-state index contributed by atoms with van der Waals surface area (Å²) < 4.78 is 10.6. The van der Waals surface area contributed by atoms with E-state index in [1.807, 2.05) is 48.5 Å². The van der Waals surface area contributed by atoms with Gasteiger partial charge in [0, 0.05) is 6.08 Å². The molecule has 0 aliphatic rings. The second-order valence-corrected chi connectivity index (χ2v) is 4.95. The van der Waals surface area contributed by atoms with E-state index >= 15 is 0 Å². The van der Waals surface area contributed by atoms with Crippen molar-refractivity contribution in [1.82, 2.24) is 0 Å². The average Bonchev–Trinajstić information content (AvgIpc) is 2.54. The lowest BCUT2D eigenvalue weighted by Crippen LogP contribution is -2.00. The molecule has 0 saturated heterocycles. The fraction of sp³-hybridized carbons (Fsp3) is 0.167. The third-order valence-electron chi connectivity index (χ3n) is 2.89. The highest BCUT2D eigenvalue weighted by Crippen LogP contribution is 2.24. The number of halogens is 1. The lowest BCUT2D eigenvalue weighted by molar-refractivity contribution is -0.137. The summed E-state index contributed by atoms with van der Waals surface area (Å²) in [6.45, 7) is 2.54. The SMILES string of the molecule is CCOC(=O)/C=C(\Cl)c1cccc(OCc2ccccc2)c1. The fourth-order valence-corrected chi connectivity index (χ4v) is 2.05. The minimum atomic E-state index is -0.455. The Kier molecular flexibility index (Phi) is 6.04. The maximum absolute atomic E-state index is 11.4. The highest BCUT2D eigenvalue weighted by atomic mass is 35.5. The summed E-state index contributed by atoms with van der Waals surface area (Å²) in [5.41, 5.74) is 1.79. The molecule has 4 heteroatoms. The van der Waals surface area contributed by atoms with E-state index in [9.17, 15) is 4.79 Å². The van der Waals surface area contributed by atoms with Crippen molar-refractivity contribution in [2.75, 3.05) is 6.61 Å². The lowest BCUT2D eigenvalue weighted by Gasteiger charge is -2.08. The smallest absolute Gasteiger partial charge is 0.332 e. The summed E-state index contributed by atoms with van der Waals surface area (Å²) in [7, 11) is 0. The number of benzene rings is 2. The van der Waals surface area contributed by atoms with Crippen molar-refractivity contribution in [3.8, 4) is 5.75 Å². The van der Waals surface area contributed by atoms with Crippen LogP contribution in [0, 0.1) is 0 Å². The molecule has 0 unspecified atom stereocenters. The van der Waals surface area contributed by atoms with Crippen LogP contribution in [-0.4, -0.2) is 12.6 Å². The minimum Gasteiger partial charge on any atom is -0.489 e. The standard InChI is InChI=1S/C18H17ClO3/c1-2-21-18(20)12-17(19)15-9-6-10-16(11-15)22-13-14-7-4-3-5-8-14/h3-12H,2,13H2,1H3/b17-12-. The fourth-order valence-electron chi connectivity index (χ4n) is 1.85. The number of esters is 1. The van der Waals surface area contributed by atoms with Gasteiger partial charge in [-0.2, -0.15) is 0 Å². The largest absolute Gasteiger partial charge is 0.489 e. The molecule has 0 aromatic heterocycles. The Morgan fingerprint density at radius 1 is 1.14 bits per heavy atom. The molecule has 0 aliphatic carbocycles. The maximum Gasteiger partial charge on any atom is 0.332 e. The van der Waals surface area contributed by atoms with Crippen molar-refractivity contribution in [3.05, 3.63) is 71.8 Å². The number of carbonyl (C=O) groups excluding carboxylic acids is 1. The molecule has 22 heavy (non-hydrogen) atoms. The van der Waals surface area contributed by atoms with Crippen molar-refractivity contribution in [3.63, 3.8) is 0 Å². The summed E-state index contributed by atoms with van der Waals surface area (Å²) in [6.07, 6.45) is 1.27.